The molecule has 5 nitrogen and oxygen atoms in total. The van der Waals surface area contributed by atoms with Gasteiger partial charge in [0.25, 0.3) is 5.91 Å². The van der Waals surface area contributed by atoms with Crippen LogP contribution in [0.1, 0.15) is 20.3 Å². The summed E-state index contributed by atoms with van der Waals surface area (Å²) in [6.45, 7) is 3.54. The first-order chi connectivity index (χ1) is 5.99. The third-order valence-electron chi connectivity index (χ3n) is 2.17. The summed E-state index contributed by atoms with van der Waals surface area (Å²) < 4.78 is 0. The van der Waals surface area contributed by atoms with Crippen LogP contribution in [0.2, 0.25) is 0 Å². The Morgan fingerprint density at radius 1 is 1.54 bits per heavy atom. The lowest BCUT2D eigenvalue weighted by Gasteiger charge is -2.32. The Hall–Kier alpha value is -1.10. The Kier molecular flexibility index (Phi) is 2.56. The average Bonchev–Trinajstić information content (AvgIpc) is 2.31. The van der Waals surface area contributed by atoms with Gasteiger partial charge in [0.1, 0.15) is 0 Å². The van der Waals surface area contributed by atoms with Crippen LogP contribution < -0.4 is 5.32 Å². The van der Waals surface area contributed by atoms with Crippen LogP contribution in [0.3, 0.4) is 0 Å². The molecular weight excluding hydrogens is 172 g/mol. The van der Waals surface area contributed by atoms with Crippen LogP contribution in [0.4, 0.5) is 4.79 Å². The molecule has 1 aliphatic rings. The zero-order valence-corrected chi connectivity index (χ0v) is 7.83. The summed E-state index contributed by atoms with van der Waals surface area (Å²) in [6.07, 6.45) is 0.395. The summed E-state index contributed by atoms with van der Waals surface area (Å²) in [6, 6.07) is -0.372. The maximum atomic E-state index is 11.3. The second kappa shape index (κ2) is 3.33. The lowest BCUT2D eigenvalue weighted by molar-refractivity contribution is -0.128. The number of carbonyl (C=O) groups excluding carboxylic acids is 2. The molecule has 1 aliphatic heterocycles. The van der Waals surface area contributed by atoms with Crippen molar-refractivity contribution in [3.63, 3.8) is 0 Å². The van der Waals surface area contributed by atoms with Crippen LogP contribution in [0.5, 0.6) is 0 Å². The van der Waals surface area contributed by atoms with E-state index in [-0.39, 0.29) is 25.1 Å². The van der Waals surface area contributed by atoms with Crippen molar-refractivity contribution in [3.05, 3.63) is 0 Å². The number of hydrogen-bond acceptors (Lipinski definition) is 3. The fraction of sp³-hybridized carbons (Fsp3) is 0.750. The molecule has 74 valence electrons. The third kappa shape index (κ3) is 1.80. The molecule has 5 heteroatoms. The van der Waals surface area contributed by atoms with E-state index in [4.69, 9.17) is 5.11 Å². The molecule has 0 radical (unpaired) electrons. The molecule has 3 amide bonds. The van der Waals surface area contributed by atoms with Crippen molar-refractivity contribution in [1.82, 2.24) is 10.2 Å². The van der Waals surface area contributed by atoms with Gasteiger partial charge in [-0.15, -0.1) is 0 Å². The van der Waals surface area contributed by atoms with E-state index in [0.29, 0.717) is 6.42 Å². The van der Waals surface area contributed by atoms with Crippen LogP contribution in [0.15, 0.2) is 0 Å². The fourth-order valence-electron chi connectivity index (χ4n) is 1.42. The van der Waals surface area contributed by atoms with Crippen molar-refractivity contribution in [2.45, 2.75) is 25.8 Å². The van der Waals surface area contributed by atoms with Crippen LogP contribution in [-0.4, -0.2) is 40.6 Å². The summed E-state index contributed by atoms with van der Waals surface area (Å²) in [5.74, 6) is -0.233. The number of rotatable bonds is 3. The highest BCUT2D eigenvalue weighted by atomic mass is 16.3. The van der Waals surface area contributed by atoms with E-state index in [1.807, 2.05) is 0 Å². The highest BCUT2D eigenvalue weighted by Crippen LogP contribution is 2.20. The second-order valence-electron chi connectivity index (χ2n) is 3.67. The van der Waals surface area contributed by atoms with Crippen molar-refractivity contribution in [1.29, 1.82) is 0 Å². The van der Waals surface area contributed by atoms with E-state index in [1.165, 1.54) is 4.90 Å². The third-order valence-corrected chi connectivity index (χ3v) is 2.17. The van der Waals surface area contributed by atoms with E-state index in [2.05, 4.69) is 5.32 Å². The van der Waals surface area contributed by atoms with E-state index in [0.717, 1.165) is 0 Å². The number of aliphatic hydroxyl groups excluding tert-OH is 1. The van der Waals surface area contributed by atoms with Gasteiger partial charge in [-0.1, -0.05) is 0 Å². The molecule has 0 aromatic carbocycles. The minimum absolute atomic E-state index is 0.0376. The Morgan fingerprint density at radius 3 is 2.54 bits per heavy atom. The van der Waals surface area contributed by atoms with Crippen LogP contribution in [0.25, 0.3) is 0 Å². The van der Waals surface area contributed by atoms with Crippen molar-refractivity contribution in [2.24, 2.45) is 0 Å². The molecule has 0 spiro atoms. The van der Waals surface area contributed by atoms with Crippen molar-refractivity contribution < 1.29 is 14.7 Å². The molecule has 0 aromatic heterocycles. The number of nitrogens with zero attached hydrogens (tertiary/aromatic N) is 1. The first kappa shape index (κ1) is 9.98. The molecule has 0 saturated carbocycles. The first-order valence-electron chi connectivity index (χ1n) is 4.21. The topological polar surface area (TPSA) is 69.6 Å². The molecule has 1 fully saturated rings. The minimum atomic E-state index is -0.605. The Balaban J connectivity index is 2.79. The van der Waals surface area contributed by atoms with Gasteiger partial charge in [-0.05, 0) is 20.3 Å². The number of nitrogens with one attached hydrogen (secondary N) is 1. The summed E-state index contributed by atoms with van der Waals surface area (Å²) in [4.78, 5) is 23.7. The largest absolute Gasteiger partial charge is 0.396 e. The Bertz CT molecular complexity index is 222. The highest BCUT2D eigenvalue weighted by molar-refractivity contribution is 6.02. The van der Waals surface area contributed by atoms with Crippen LogP contribution >= 0.6 is 0 Å². The predicted molar refractivity (Wildman–Crippen MR) is 46.0 cm³/mol. The van der Waals surface area contributed by atoms with E-state index in [1.54, 1.807) is 13.8 Å². The molecule has 0 atom stereocenters. The monoisotopic (exact) mass is 186 g/mol. The van der Waals surface area contributed by atoms with Gasteiger partial charge < -0.3 is 10.4 Å². The lowest BCUT2D eigenvalue weighted by atomic mass is 9.99. The molecule has 1 saturated heterocycles. The number of urea groups is 1. The van der Waals surface area contributed by atoms with Gasteiger partial charge in [0.05, 0.1) is 6.54 Å². The van der Waals surface area contributed by atoms with Gasteiger partial charge in [-0.2, -0.15) is 0 Å². The number of hydrogen-bond donors (Lipinski definition) is 2. The van der Waals surface area contributed by atoms with Crippen LogP contribution in [0, 0.1) is 0 Å². The molecular formula is C8H14N2O3. The van der Waals surface area contributed by atoms with Gasteiger partial charge >= 0.3 is 6.03 Å². The van der Waals surface area contributed by atoms with Crippen molar-refractivity contribution in [3.8, 4) is 0 Å². The second-order valence-corrected chi connectivity index (χ2v) is 3.67. The van der Waals surface area contributed by atoms with Gasteiger partial charge in [0, 0.05) is 12.1 Å². The minimum Gasteiger partial charge on any atom is -0.396 e. The predicted octanol–water partition coefficient (Wildman–Crippen LogP) is -0.301. The first-order valence-corrected chi connectivity index (χ1v) is 4.21. The molecule has 13 heavy (non-hydrogen) atoms. The van der Waals surface area contributed by atoms with E-state index in [9.17, 15) is 9.59 Å². The zero-order chi connectivity index (χ0) is 10.1. The highest BCUT2D eigenvalue weighted by Gasteiger charge is 2.39. The number of carbonyl (C=O) groups is 2. The van der Waals surface area contributed by atoms with Gasteiger partial charge in [0.15, 0.2) is 0 Å². The summed E-state index contributed by atoms with van der Waals surface area (Å²) in [5.41, 5.74) is -0.605. The SMILES string of the molecule is CC(C)(CCO)N1C(=O)CNC1=O. The fourth-order valence-corrected chi connectivity index (χ4v) is 1.42. The number of amides is 3. The summed E-state index contributed by atoms with van der Waals surface area (Å²) >= 11 is 0. The smallest absolute Gasteiger partial charge is 0.325 e. The molecule has 0 unspecified atom stereocenters. The quantitative estimate of drug-likeness (QED) is 0.594. The Labute approximate surface area is 76.7 Å². The number of aliphatic hydroxyl groups is 1. The maximum absolute atomic E-state index is 11.3. The normalized spacial score (nSPS) is 17.9. The standard InChI is InChI=1S/C8H14N2O3/c1-8(2,3-4-11)10-6(12)5-9-7(10)13/h11H,3-5H2,1-2H3,(H,9,13). The zero-order valence-electron chi connectivity index (χ0n) is 7.83. The Morgan fingerprint density at radius 2 is 2.15 bits per heavy atom. The maximum Gasteiger partial charge on any atom is 0.325 e. The average molecular weight is 186 g/mol. The molecule has 1 heterocycles. The van der Waals surface area contributed by atoms with Gasteiger partial charge in [0.2, 0.25) is 0 Å². The number of imide groups is 1. The molecule has 0 bridgehead atoms. The lowest BCUT2D eigenvalue weighted by Crippen LogP contribution is -2.48. The molecule has 0 aliphatic carbocycles. The van der Waals surface area contributed by atoms with Gasteiger partial charge in [-0.25, -0.2) is 4.79 Å². The summed E-state index contributed by atoms with van der Waals surface area (Å²) in [7, 11) is 0. The van der Waals surface area contributed by atoms with E-state index < -0.39 is 5.54 Å². The van der Waals surface area contributed by atoms with Crippen molar-refractivity contribution >= 4 is 11.9 Å². The molecule has 1 rings (SSSR count). The van der Waals surface area contributed by atoms with Crippen LogP contribution in [-0.2, 0) is 4.79 Å². The molecule has 0 aromatic rings. The van der Waals surface area contributed by atoms with Crippen molar-refractivity contribution in [2.75, 3.05) is 13.2 Å². The summed E-state index contributed by atoms with van der Waals surface area (Å²) in [5, 5.41) is 11.2. The van der Waals surface area contributed by atoms with E-state index >= 15 is 0 Å². The molecule has 2 N–H and O–H groups in total. The van der Waals surface area contributed by atoms with Gasteiger partial charge in [-0.3, -0.25) is 9.69 Å².